The van der Waals surface area contributed by atoms with E-state index in [2.05, 4.69) is 5.32 Å². The maximum Gasteiger partial charge on any atom is 0.407 e. The average molecular weight is 269 g/mol. The van der Waals surface area contributed by atoms with Gasteiger partial charge in [0.2, 0.25) is 0 Å². The van der Waals surface area contributed by atoms with E-state index < -0.39 is 11.7 Å². The first-order chi connectivity index (χ1) is 8.37. The predicted molar refractivity (Wildman–Crippen MR) is 71.9 cm³/mol. The van der Waals surface area contributed by atoms with Crippen molar-refractivity contribution >= 4 is 23.2 Å². The lowest BCUT2D eigenvalue weighted by Gasteiger charge is -2.19. The average Bonchev–Trinajstić information content (AvgIpc) is 2.67. The highest BCUT2D eigenvalue weighted by atomic mass is 32.1. The molecular weight excluding hydrogens is 250 g/mol. The van der Waals surface area contributed by atoms with Gasteiger partial charge in [-0.1, -0.05) is 6.07 Å². The molecule has 100 valence electrons. The summed E-state index contributed by atoms with van der Waals surface area (Å²) < 4.78 is 5.07. The van der Waals surface area contributed by atoms with Gasteiger partial charge in [-0.3, -0.25) is 4.79 Å². The lowest BCUT2D eigenvalue weighted by molar-refractivity contribution is -0.118. The van der Waals surface area contributed by atoms with Gasteiger partial charge in [-0.05, 0) is 32.2 Å². The van der Waals surface area contributed by atoms with E-state index in [9.17, 15) is 9.59 Å². The normalized spacial score (nSPS) is 11.1. The summed E-state index contributed by atoms with van der Waals surface area (Å²) in [5.74, 6) is 0.119. The van der Waals surface area contributed by atoms with E-state index in [4.69, 9.17) is 4.74 Å². The van der Waals surface area contributed by atoms with Crippen molar-refractivity contribution in [2.24, 2.45) is 0 Å². The fourth-order valence-corrected chi connectivity index (χ4v) is 2.05. The third-order valence-corrected chi connectivity index (χ3v) is 2.90. The fraction of sp³-hybridized carbons (Fsp3) is 0.538. The van der Waals surface area contributed by atoms with Gasteiger partial charge in [-0.15, -0.1) is 11.3 Å². The van der Waals surface area contributed by atoms with Crippen LogP contribution in [0.5, 0.6) is 0 Å². The first-order valence-electron chi connectivity index (χ1n) is 5.88. The third-order valence-electron chi connectivity index (χ3n) is 2.02. The van der Waals surface area contributed by atoms with Gasteiger partial charge in [-0.25, -0.2) is 4.79 Å². The number of Topliss-reactive ketones (excluding diaryl/α,β-unsaturated/α-hetero) is 1. The second kappa shape index (κ2) is 6.54. The Morgan fingerprint density at radius 3 is 2.67 bits per heavy atom. The van der Waals surface area contributed by atoms with Crippen LogP contribution < -0.4 is 5.32 Å². The summed E-state index contributed by atoms with van der Waals surface area (Å²) in [7, 11) is 0. The van der Waals surface area contributed by atoms with Crippen molar-refractivity contribution < 1.29 is 14.3 Å². The van der Waals surface area contributed by atoms with Crippen molar-refractivity contribution in [2.75, 3.05) is 6.54 Å². The molecule has 0 radical (unpaired) electrons. The molecule has 0 aliphatic rings. The highest BCUT2D eigenvalue weighted by Crippen LogP contribution is 2.10. The molecule has 4 nitrogen and oxygen atoms in total. The van der Waals surface area contributed by atoms with Gasteiger partial charge in [0.05, 0.1) is 0 Å². The third kappa shape index (κ3) is 6.39. The molecule has 0 bridgehead atoms. The molecular formula is C13H19NO3S. The number of hydrogen-bond donors (Lipinski definition) is 1. The maximum atomic E-state index is 11.6. The van der Waals surface area contributed by atoms with Crippen LogP contribution in [0.2, 0.25) is 0 Å². The summed E-state index contributed by atoms with van der Waals surface area (Å²) in [6.45, 7) is 5.72. The zero-order valence-electron chi connectivity index (χ0n) is 11.0. The molecule has 0 saturated heterocycles. The smallest absolute Gasteiger partial charge is 0.407 e. The van der Waals surface area contributed by atoms with Crippen LogP contribution in [0.1, 0.15) is 32.1 Å². The van der Waals surface area contributed by atoms with Crippen LogP contribution in [0.4, 0.5) is 4.79 Å². The lowest BCUT2D eigenvalue weighted by Crippen LogP contribution is -2.33. The number of ether oxygens (including phenoxy) is 1. The Balaban J connectivity index is 2.18. The topological polar surface area (TPSA) is 55.4 Å². The van der Waals surface area contributed by atoms with E-state index in [0.29, 0.717) is 19.4 Å². The molecule has 0 spiro atoms. The highest BCUT2D eigenvalue weighted by Gasteiger charge is 2.15. The molecule has 1 aromatic rings. The van der Waals surface area contributed by atoms with E-state index in [0.717, 1.165) is 4.88 Å². The minimum Gasteiger partial charge on any atom is -0.444 e. The number of alkyl carbamates (subject to hydrolysis) is 1. The Morgan fingerprint density at radius 2 is 2.11 bits per heavy atom. The van der Waals surface area contributed by atoms with E-state index in [1.165, 1.54) is 0 Å². The van der Waals surface area contributed by atoms with Crippen LogP contribution in [0, 0.1) is 0 Å². The fourth-order valence-electron chi connectivity index (χ4n) is 1.31. The minimum atomic E-state index is -0.509. The Kier molecular flexibility index (Phi) is 5.34. The summed E-state index contributed by atoms with van der Waals surface area (Å²) in [6, 6.07) is 3.86. The Labute approximate surface area is 111 Å². The molecule has 1 N–H and O–H groups in total. The van der Waals surface area contributed by atoms with Crippen LogP contribution in [0.15, 0.2) is 17.5 Å². The van der Waals surface area contributed by atoms with Crippen LogP contribution in [0.25, 0.3) is 0 Å². The molecule has 1 rings (SSSR count). The van der Waals surface area contributed by atoms with Crippen LogP contribution in [0.3, 0.4) is 0 Å². The predicted octanol–water partition coefficient (Wildman–Crippen LogP) is 2.77. The zero-order chi connectivity index (χ0) is 13.6. The molecule has 0 atom stereocenters. The highest BCUT2D eigenvalue weighted by molar-refractivity contribution is 7.10. The van der Waals surface area contributed by atoms with Crippen LogP contribution in [-0.4, -0.2) is 24.0 Å². The molecule has 0 aliphatic heterocycles. The van der Waals surface area contributed by atoms with Gasteiger partial charge in [0.25, 0.3) is 0 Å². The Hall–Kier alpha value is -1.36. The van der Waals surface area contributed by atoms with Crippen molar-refractivity contribution in [3.63, 3.8) is 0 Å². The molecule has 1 heterocycles. The molecule has 0 aliphatic carbocycles. The molecule has 5 heteroatoms. The summed E-state index contributed by atoms with van der Waals surface area (Å²) >= 11 is 1.57. The summed E-state index contributed by atoms with van der Waals surface area (Å²) in [5, 5.41) is 4.52. The van der Waals surface area contributed by atoms with Crippen molar-refractivity contribution in [2.45, 2.75) is 39.2 Å². The molecule has 0 fully saturated rings. The number of amides is 1. The van der Waals surface area contributed by atoms with E-state index in [-0.39, 0.29) is 5.78 Å². The number of ketones is 1. The first kappa shape index (κ1) is 14.7. The number of rotatable bonds is 5. The number of carbonyl (C=O) groups excluding carboxylic acids is 2. The summed E-state index contributed by atoms with van der Waals surface area (Å²) in [5.41, 5.74) is -0.509. The Morgan fingerprint density at radius 1 is 1.39 bits per heavy atom. The zero-order valence-corrected chi connectivity index (χ0v) is 11.8. The summed E-state index contributed by atoms with van der Waals surface area (Å²) in [6.07, 6.45) is 0.288. The lowest BCUT2D eigenvalue weighted by atomic mass is 10.2. The SMILES string of the molecule is CC(C)(C)OC(=O)NCCC(=O)Cc1cccs1. The van der Waals surface area contributed by atoms with Crippen molar-refractivity contribution in [3.8, 4) is 0 Å². The number of thiophene rings is 1. The minimum absolute atomic E-state index is 0.119. The van der Waals surface area contributed by atoms with Crippen molar-refractivity contribution in [1.82, 2.24) is 5.32 Å². The first-order valence-corrected chi connectivity index (χ1v) is 6.76. The van der Waals surface area contributed by atoms with Crippen LogP contribution >= 0.6 is 11.3 Å². The summed E-state index contributed by atoms with van der Waals surface area (Å²) in [4.78, 5) is 24.0. The van der Waals surface area contributed by atoms with Gasteiger partial charge in [-0.2, -0.15) is 0 Å². The van der Waals surface area contributed by atoms with E-state index >= 15 is 0 Å². The van der Waals surface area contributed by atoms with Crippen molar-refractivity contribution in [3.05, 3.63) is 22.4 Å². The molecule has 1 aromatic heterocycles. The molecule has 0 saturated carbocycles. The van der Waals surface area contributed by atoms with Gasteiger partial charge in [0, 0.05) is 24.3 Å². The maximum absolute atomic E-state index is 11.6. The number of nitrogens with one attached hydrogen (secondary N) is 1. The second-order valence-electron chi connectivity index (χ2n) is 4.97. The standard InChI is InChI=1S/C13H19NO3S/c1-13(2,3)17-12(16)14-7-6-10(15)9-11-5-4-8-18-11/h4-5,8H,6-7,9H2,1-3H3,(H,14,16). The van der Waals surface area contributed by atoms with E-state index in [1.54, 1.807) is 32.1 Å². The number of carbonyl (C=O) groups is 2. The van der Waals surface area contributed by atoms with E-state index in [1.807, 2.05) is 17.5 Å². The molecule has 18 heavy (non-hydrogen) atoms. The Bertz CT molecular complexity index is 393. The monoisotopic (exact) mass is 269 g/mol. The number of hydrogen-bond acceptors (Lipinski definition) is 4. The van der Waals surface area contributed by atoms with Gasteiger partial charge in [0.1, 0.15) is 11.4 Å². The van der Waals surface area contributed by atoms with Crippen molar-refractivity contribution in [1.29, 1.82) is 0 Å². The van der Waals surface area contributed by atoms with Crippen LogP contribution in [-0.2, 0) is 16.0 Å². The second-order valence-corrected chi connectivity index (χ2v) is 6.01. The molecule has 0 aromatic carbocycles. The van der Waals surface area contributed by atoms with Gasteiger partial charge >= 0.3 is 6.09 Å². The largest absolute Gasteiger partial charge is 0.444 e. The van der Waals surface area contributed by atoms with Gasteiger partial charge < -0.3 is 10.1 Å². The molecule has 1 amide bonds. The van der Waals surface area contributed by atoms with Gasteiger partial charge in [0.15, 0.2) is 0 Å². The molecule has 0 unspecified atom stereocenters. The quantitative estimate of drug-likeness (QED) is 0.894.